The molecule has 2 aromatic carbocycles. The Balaban J connectivity index is 1.62. The van der Waals surface area contributed by atoms with Gasteiger partial charge in [-0.25, -0.2) is 4.39 Å². The zero-order valence-electron chi connectivity index (χ0n) is 17.3. The molecule has 0 fully saturated rings. The molecule has 31 heavy (non-hydrogen) atoms. The summed E-state index contributed by atoms with van der Waals surface area (Å²) in [7, 11) is 3.94. The average Bonchev–Trinajstić information content (AvgIpc) is 3.18. The first-order valence-electron chi connectivity index (χ1n) is 9.82. The fraction of sp³-hybridized carbons (Fsp3) is 0.125. The Bertz CT molecular complexity index is 1170. The summed E-state index contributed by atoms with van der Waals surface area (Å²) < 4.78 is 13.4. The van der Waals surface area contributed by atoms with Gasteiger partial charge in [-0.15, -0.1) is 0 Å². The van der Waals surface area contributed by atoms with E-state index in [-0.39, 0.29) is 18.1 Å². The van der Waals surface area contributed by atoms with Gasteiger partial charge in [-0.2, -0.15) is 5.10 Å². The third-order valence-electron chi connectivity index (χ3n) is 4.94. The van der Waals surface area contributed by atoms with Crippen LogP contribution in [-0.2, 0) is 11.2 Å². The number of hydrogen-bond donors (Lipinski definition) is 2. The van der Waals surface area contributed by atoms with Crippen molar-refractivity contribution in [3.05, 3.63) is 84.4 Å². The van der Waals surface area contributed by atoms with Crippen molar-refractivity contribution < 1.29 is 9.18 Å². The first-order valence-corrected chi connectivity index (χ1v) is 9.82. The lowest BCUT2D eigenvalue weighted by atomic mass is 10.0. The highest BCUT2D eigenvalue weighted by atomic mass is 19.1. The number of carbonyl (C=O) groups is 1. The molecule has 6 nitrogen and oxygen atoms in total. The Morgan fingerprint density at radius 1 is 0.968 bits per heavy atom. The van der Waals surface area contributed by atoms with Crippen LogP contribution in [0.25, 0.3) is 22.4 Å². The fourth-order valence-electron chi connectivity index (χ4n) is 3.33. The van der Waals surface area contributed by atoms with E-state index in [0.29, 0.717) is 11.5 Å². The second-order valence-electron chi connectivity index (χ2n) is 7.35. The predicted molar refractivity (Wildman–Crippen MR) is 120 cm³/mol. The number of benzene rings is 2. The van der Waals surface area contributed by atoms with E-state index in [1.807, 2.05) is 55.4 Å². The maximum atomic E-state index is 13.4. The second kappa shape index (κ2) is 8.79. The van der Waals surface area contributed by atoms with Crippen molar-refractivity contribution in [2.24, 2.45) is 0 Å². The largest absolute Gasteiger partial charge is 0.378 e. The smallest absolute Gasteiger partial charge is 0.230 e. The molecule has 1 amide bonds. The minimum Gasteiger partial charge on any atom is -0.378 e. The summed E-state index contributed by atoms with van der Waals surface area (Å²) in [5, 5.41) is 10.2. The summed E-state index contributed by atoms with van der Waals surface area (Å²) in [6.07, 6.45) is 3.57. The molecule has 7 heteroatoms. The number of H-pyrrole nitrogens is 1. The molecule has 0 saturated heterocycles. The van der Waals surface area contributed by atoms with Crippen LogP contribution in [0.15, 0.2) is 73.1 Å². The molecule has 0 spiro atoms. The van der Waals surface area contributed by atoms with E-state index >= 15 is 0 Å². The van der Waals surface area contributed by atoms with Crippen molar-refractivity contribution in [3.63, 3.8) is 0 Å². The Hall–Kier alpha value is -4.00. The Labute approximate surface area is 179 Å². The topological polar surface area (TPSA) is 73.9 Å². The number of amides is 1. The van der Waals surface area contributed by atoms with Gasteiger partial charge in [0.1, 0.15) is 5.82 Å². The summed E-state index contributed by atoms with van der Waals surface area (Å²) in [5.41, 5.74) is 5.00. The number of nitrogens with zero attached hydrogens (tertiary/aromatic N) is 3. The number of anilines is 2. The number of aromatic nitrogens is 3. The van der Waals surface area contributed by atoms with Gasteiger partial charge in [-0.1, -0.05) is 12.1 Å². The summed E-state index contributed by atoms with van der Waals surface area (Å²) in [6.45, 7) is 0. The summed E-state index contributed by atoms with van der Waals surface area (Å²) in [6, 6.07) is 17.6. The number of hydrogen-bond acceptors (Lipinski definition) is 4. The lowest BCUT2D eigenvalue weighted by Crippen LogP contribution is -2.15. The SMILES string of the molecule is CN(C)c1ccc(CC(=O)Nc2n[nH]c(-c3ccc(F)cc3)c2-c2ccncc2)cc1. The molecule has 0 aliphatic heterocycles. The van der Waals surface area contributed by atoms with Crippen molar-refractivity contribution in [1.29, 1.82) is 0 Å². The van der Waals surface area contributed by atoms with Crippen LogP contribution in [0.1, 0.15) is 5.56 Å². The first-order chi connectivity index (χ1) is 15.0. The lowest BCUT2D eigenvalue weighted by molar-refractivity contribution is -0.115. The monoisotopic (exact) mass is 415 g/mol. The first kappa shape index (κ1) is 20.3. The molecular formula is C24H22FN5O. The summed E-state index contributed by atoms with van der Waals surface area (Å²) >= 11 is 0. The van der Waals surface area contributed by atoms with Crippen LogP contribution >= 0.6 is 0 Å². The molecule has 4 rings (SSSR count). The van der Waals surface area contributed by atoms with Crippen molar-refractivity contribution in [3.8, 4) is 22.4 Å². The van der Waals surface area contributed by atoms with Gasteiger partial charge in [-0.3, -0.25) is 14.9 Å². The molecule has 2 aromatic heterocycles. The summed E-state index contributed by atoms with van der Waals surface area (Å²) in [5.74, 6) is -0.0759. The Morgan fingerprint density at radius 2 is 1.65 bits per heavy atom. The van der Waals surface area contributed by atoms with Gasteiger partial charge >= 0.3 is 0 Å². The van der Waals surface area contributed by atoms with Gasteiger partial charge in [0.15, 0.2) is 5.82 Å². The fourth-order valence-corrected chi connectivity index (χ4v) is 3.33. The maximum Gasteiger partial charge on any atom is 0.230 e. The number of nitrogens with one attached hydrogen (secondary N) is 2. The van der Waals surface area contributed by atoms with E-state index in [2.05, 4.69) is 20.5 Å². The quantitative estimate of drug-likeness (QED) is 0.485. The van der Waals surface area contributed by atoms with Crippen LogP contribution in [0, 0.1) is 5.82 Å². The zero-order chi connectivity index (χ0) is 21.8. The van der Waals surface area contributed by atoms with E-state index in [4.69, 9.17) is 0 Å². The van der Waals surface area contributed by atoms with E-state index in [1.165, 1.54) is 12.1 Å². The van der Waals surface area contributed by atoms with Gasteiger partial charge < -0.3 is 10.2 Å². The molecule has 2 heterocycles. The van der Waals surface area contributed by atoms with Crippen LogP contribution in [0.5, 0.6) is 0 Å². The number of halogens is 1. The van der Waals surface area contributed by atoms with Gasteiger partial charge in [-0.05, 0) is 59.7 Å². The third kappa shape index (κ3) is 4.61. The van der Waals surface area contributed by atoms with Gasteiger partial charge in [0.2, 0.25) is 5.91 Å². The summed E-state index contributed by atoms with van der Waals surface area (Å²) in [4.78, 5) is 18.8. The Kier molecular flexibility index (Phi) is 5.75. The molecule has 4 aromatic rings. The molecule has 0 saturated carbocycles. The number of pyridine rings is 1. The molecule has 0 bridgehead atoms. The minimum atomic E-state index is -0.317. The number of aromatic amines is 1. The highest BCUT2D eigenvalue weighted by Gasteiger charge is 2.19. The standard InChI is InChI=1S/C24H22FN5O/c1-30(2)20-9-3-16(4-10-20)15-21(31)27-24-22(17-11-13-26-14-12-17)23(28-29-24)18-5-7-19(25)8-6-18/h3-14H,15H2,1-2H3,(H2,27,28,29,31). The normalized spacial score (nSPS) is 10.7. The van der Waals surface area contributed by atoms with Crippen LogP contribution in [0.3, 0.4) is 0 Å². The van der Waals surface area contributed by atoms with Crippen molar-refractivity contribution in [2.75, 3.05) is 24.3 Å². The van der Waals surface area contributed by atoms with Crippen LogP contribution < -0.4 is 10.2 Å². The Morgan fingerprint density at radius 3 is 2.29 bits per heavy atom. The molecule has 0 aliphatic carbocycles. The molecule has 0 aliphatic rings. The van der Waals surface area contributed by atoms with Gasteiger partial charge in [0.25, 0.3) is 0 Å². The van der Waals surface area contributed by atoms with E-state index < -0.39 is 0 Å². The van der Waals surface area contributed by atoms with E-state index in [1.54, 1.807) is 24.5 Å². The molecule has 2 N–H and O–H groups in total. The molecule has 156 valence electrons. The van der Waals surface area contributed by atoms with Crippen molar-refractivity contribution in [1.82, 2.24) is 15.2 Å². The van der Waals surface area contributed by atoms with Crippen LogP contribution in [-0.4, -0.2) is 35.2 Å². The molecule has 0 unspecified atom stereocenters. The predicted octanol–water partition coefficient (Wildman–Crippen LogP) is 4.53. The van der Waals surface area contributed by atoms with Crippen molar-refractivity contribution >= 4 is 17.4 Å². The van der Waals surface area contributed by atoms with E-state index in [9.17, 15) is 9.18 Å². The highest BCUT2D eigenvalue weighted by Crippen LogP contribution is 2.36. The van der Waals surface area contributed by atoms with Gasteiger partial charge in [0.05, 0.1) is 17.7 Å². The highest BCUT2D eigenvalue weighted by molar-refractivity contribution is 5.98. The molecule has 0 radical (unpaired) electrons. The van der Waals surface area contributed by atoms with Crippen molar-refractivity contribution in [2.45, 2.75) is 6.42 Å². The maximum absolute atomic E-state index is 13.4. The minimum absolute atomic E-state index is 0.176. The average molecular weight is 415 g/mol. The van der Waals surface area contributed by atoms with Crippen LogP contribution in [0.2, 0.25) is 0 Å². The van der Waals surface area contributed by atoms with Gasteiger partial charge in [0, 0.05) is 37.7 Å². The number of carbonyl (C=O) groups excluding carboxylic acids is 1. The second-order valence-corrected chi connectivity index (χ2v) is 7.35. The van der Waals surface area contributed by atoms with E-state index in [0.717, 1.165) is 27.9 Å². The molecule has 0 atom stereocenters. The van der Waals surface area contributed by atoms with Crippen LogP contribution in [0.4, 0.5) is 15.9 Å². The zero-order valence-corrected chi connectivity index (χ0v) is 17.3. The third-order valence-corrected chi connectivity index (χ3v) is 4.94. The lowest BCUT2D eigenvalue weighted by Gasteiger charge is -2.12. The molecular weight excluding hydrogens is 393 g/mol. The number of rotatable bonds is 6.